The molecular formula is C16H20N4O4S2. The van der Waals surface area contributed by atoms with Crippen molar-refractivity contribution in [3.05, 3.63) is 18.2 Å². The van der Waals surface area contributed by atoms with E-state index in [0.717, 1.165) is 18.1 Å². The first kappa shape index (κ1) is 17.8. The Labute approximate surface area is 156 Å². The van der Waals surface area contributed by atoms with Gasteiger partial charge in [0.05, 0.1) is 11.7 Å². The van der Waals surface area contributed by atoms with E-state index in [-0.39, 0.29) is 23.9 Å². The van der Waals surface area contributed by atoms with Gasteiger partial charge in [0.2, 0.25) is 10.0 Å². The number of hydrogen-bond acceptors (Lipinski definition) is 7. The second-order valence-electron chi connectivity index (χ2n) is 6.77. The molecule has 2 fully saturated rings. The van der Waals surface area contributed by atoms with Crippen LogP contribution in [0, 0.1) is 0 Å². The third kappa shape index (κ3) is 2.90. The number of ether oxygens (including phenoxy) is 1. The van der Waals surface area contributed by atoms with Crippen LogP contribution in [0.4, 0.5) is 0 Å². The summed E-state index contributed by atoms with van der Waals surface area (Å²) in [7, 11) is -3.67. The van der Waals surface area contributed by atoms with E-state index in [1.165, 1.54) is 4.31 Å². The molecule has 26 heavy (non-hydrogen) atoms. The van der Waals surface area contributed by atoms with Crippen LogP contribution in [0.2, 0.25) is 0 Å². The Kier molecular flexibility index (Phi) is 4.46. The van der Waals surface area contributed by atoms with E-state index in [1.807, 2.05) is 6.92 Å². The molecule has 2 aliphatic rings. The molecule has 1 atom stereocenters. The number of carbonyl (C=O) groups is 1. The van der Waals surface area contributed by atoms with Gasteiger partial charge >= 0.3 is 0 Å². The lowest BCUT2D eigenvalue weighted by Gasteiger charge is -2.37. The molecule has 1 amide bonds. The number of amides is 1. The van der Waals surface area contributed by atoms with Crippen molar-refractivity contribution in [2.24, 2.45) is 0 Å². The van der Waals surface area contributed by atoms with E-state index in [9.17, 15) is 13.2 Å². The molecule has 2 aliphatic heterocycles. The Morgan fingerprint density at radius 3 is 2.69 bits per heavy atom. The zero-order valence-electron chi connectivity index (χ0n) is 14.4. The van der Waals surface area contributed by atoms with Crippen molar-refractivity contribution in [3.8, 4) is 0 Å². The smallest absolute Gasteiger partial charge is 0.254 e. The SMILES string of the molecule is CC1(C(=O)N2CCN(S(=O)(=O)c3cccc4nsnc34)CC2)CCCO1. The van der Waals surface area contributed by atoms with Gasteiger partial charge in [-0.05, 0) is 31.9 Å². The molecule has 1 unspecified atom stereocenters. The average molecular weight is 396 g/mol. The number of piperazine rings is 1. The molecule has 3 heterocycles. The summed E-state index contributed by atoms with van der Waals surface area (Å²) < 4.78 is 41.3. The van der Waals surface area contributed by atoms with Crippen LogP contribution in [0.5, 0.6) is 0 Å². The van der Waals surface area contributed by atoms with Crippen molar-refractivity contribution < 1.29 is 17.9 Å². The van der Waals surface area contributed by atoms with Crippen LogP contribution in [0.25, 0.3) is 11.0 Å². The van der Waals surface area contributed by atoms with Gasteiger partial charge in [-0.25, -0.2) is 8.42 Å². The second-order valence-corrected chi connectivity index (χ2v) is 9.20. The zero-order chi connectivity index (χ0) is 18.4. The summed E-state index contributed by atoms with van der Waals surface area (Å²) in [5, 5.41) is 0. The maximum absolute atomic E-state index is 13.0. The van der Waals surface area contributed by atoms with Crippen molar-refractivity contribution in [3.63, 3.8) is 0 Å². The lowest BCUT2D eigenvalue weighted by molar-refractivity contribution is -0.152. The minimum absolute atomic E-state index is 0.0437. The van der Waals surface area contributed by atoms with Gasteiger partial charge < -0.3 is 9.64 Å². The topological polar surface area (TPSA) is 92.7 Å². The molecule has 1 aromatic heterocycles. The Balaban J connectivity index is 1.51. The third-order valence-electron chi connectivity index (χ3n) is 5.06. The average Bonchev–Trinajstić information content (AvgIpc) is 3.30. The van der Waals surface area contributed by atoms with Crippen LogP contribution >= 0.6 is 11.7 Å². The summed E-state index contributed by atoms with van der Waals surface area (Å²) in [4.78, 5) is 14.6. The molecule has 140 valence electrons. The van der Waals surface area contributed by atoms with Gasteiger partial charge in [-0.3, -0.25) is 4.79 Å². The molecule has 0 radical (unpaired) electrons. The second kappa shape index (κ2) is 6.52. The van der Waals surface area contributed by atoms with Crippen molar-refractivity contribution in [2.45, 2.75) is 30.3 Å². The van der Waals surface area contributed by atoms with Crippen LogP contribution in [0.1, 0.15) is 19.8 Å². The number of carbonyl (C=O) groups excluding carboxylic acids is 1. The number of benzene rings is 1. The van der Waals surface area contributed by atoms with Gasteiger partial charge in [-0.2, -0.15) is 13.1 Å². The maximum atomic E-state index is 13.0. The number of aromatic nitrogens is 2. The third-order valence-corrected chi connectivity index (χ3v) is 7.54. The number of fused-ring (bicyclic) bond motifs is 1. The fourth-order valence-electron chi connectivity index (χ4n) is 3.54. The lowest BCUT2D eigenvalue weighted by Crippen LogP contribution is -2.55. The molecular weight excluding hydrogens is 376 g/mol. The van der Waals surface area contributed by atoms with Gasteiger partial charge in [0, 0.05) is 32.8 Å². The largest absolute Gasteiger partial charge is 0.365 e. The highest BCUT2D eigenvalue weighted by Gasteiger charge is 2.42. The summed E-state index contributed by atoms with van der Waals surface area (Å²) in [6, 6.07) is 4.98. The fourth-order valence-corrected chi connectivity index (χ4v) is 5.72. The first-order chi connectivity index (χ1) is 12.4. The highest BCUT2D eigenvalue weighted by atomic mass is 32.2. The highest BCUT2D eigenvalue weighted by molar-refractivity contribution is 7.89. The molecule has 2 saturated heterocycles. The number of hydrogen-bond donors (Lipinski definition) is 0. The standard InChI is InChI=1S/C16H20N4O4S2/c1-16(6-3-11-24-16)15(21)19-7-9-20(10-8-19)26(22,23)13-5-2-4-12-14(13)18-25-17-12/h2,4-5H,3,6-11H2,1H3. The molecule has 2 aromatic rings. The van der Waals surface area contributed by atoms with Gasteiger partial charge in [-0.15, -0.1) is 0 Å². The van der Waals surface area contributed by atoms with E-state index in [4.69, 9.17) is 4.74 Å². The molecule has 0 spiro atoms. The molecule has 4 rings (SSSR count). The quantitative estimate of drug-likeness (QED) is 0.771. The molecule has 10 heteroatoms. The van der Waals surface area contributed by atoms with E-state index < -0.39 is 15.6 Å². The normalized spacial score (nSPS) is 25.0. The summed E-state index contributed by atoms with van der Waals surface area (Å²) in [5.74, 6) is -0.0437. The summed E-state index contributed by atoms with van der Waals surface area (Å²) in [5.41, 5.74) is 0.220. The minimum Gasteiger partial charge on any atom is -0.365 e. The first-order valence-corrected chi connectivity index (χ1v) is 10.7. The van der Waals surface area contributed by atoms with E-state index in [1.54, 1.807) is 23.1 Å². The predicted molar refractivity (Wildman–Crippen MR) is 96.3 cm³/mol. The molecule has 8 nitrogen and oxygen atoms in total. The van der Waals surface area contributed by atoms with Crippen molar-refractivity contribution in [2.75, 3.05) is 32.8 Å². The monoisotopic (exact) mass is 396 g/mol. The Morgan fingerprint density at radius 1 is 1.23 bits per heavy atom. The van der Waals surface area contributed by atoms with Gasteiger partial charge in [-0.1, -0.05) is 6.07 Å². The number of rotatable bonds is 3. The van der Waals surface area contributed by atoms with E-state index >= 15 is 0 Å². The molecule has 0 aliphatic carbocycles. The Hall–Kier alpha value is -1.62. The van der Waals surface area contributed by atoms with E-state index in [0.29, 0.717) is 37.2 Å². The Morgan fingerprint density at radius 2 is 2.00 bits per heavy atom. The zero-order valence-corrected chi connectivity index (χ0v) is 16.1. The molecule has 1 aromatic carbocycles. The van der Waals surface area contributed by atoms with Crippen LogP contribution in [-0.2, 0) is 19.6 Å². The van der Waals surface area contributed by atoms with Crippen molar-refractivity contribution in [1.82, 2.24) is 18.0 Å². The molecule has 0 N–H and O–H groups in total. The van der Waals surface area contributed by atoms with Crippen molar-refractivity contribution >= 4 is 38.7 Å². The van der Waals surface area contributed by atoms with E-state index in [2.05, 4.69) is 8.75 Å². The maximum Gasteiger partial charge on any atom is 0.254 e. The van der Waals surface area contributed by atoms with Gasteiger partial charge in [0.1, 0.15) is 21.5 Å². The fraction of sp³-hybridized carbons (Fsp3) is 0.562. The minimum atomic E-state index is -3.67. The number of nitrogens with zero attached hydrogens (tertiary/aromatic N) is 4. The van der Waals surface area contributed by atoms with Crippen LogP contribution < -0.4 is 0 Å². The summed E-state index contributed by atoms with van der Waals surface area (Å²) in [6.45, 7) is 3.67. The van der Waals surface area contributed by atoms with Gasteiger partial charge in [0.25, 0.3) is 5.91 Å². The van der Waals surface area contributed by atoms with Crippen LogP contribution in [-0.4, -0.2) is 70.7 Å². The highest BCUT2D eigenvalue weighted by Crippen LogP contribution is 2.29. The molecule has 0 saturated carbocycles. The Bertz CT molecular complexity index is 929. The summed E-state index contributed by atoms with van der Waals surface area (Å²) >= 11 is 0.998. The predicted octanol–water partition coefficient (Wildman–Crippen LogP) is 1.09. The van der Waals surface area contributed by atoms with Crippen LogP contribution in [0.3, 0.4) is 0 Å². The van der Waals surface area contributed by atoms with Crippen LogP contribution in [0.15, 0.2) is 23.1 Å². The number of sulfonamides is 1. The lowest BCUT2D eigenvalue weighted by atomic mass is 10.0. The van der Waals surface area contributed by atoms with Crippen molar-refractivity contribution in [1.29, 1.82) is 0 Å². The summed E-state index contributed by atoms with van der Waals surface area (Å²) in [6.07, 6.45) is 1.59. The van der Waals surface area contributed by atoms with Gasteiger partial charge in [0.15, 0.2) is 0 Å². The molecule has 0 bridgehead atoms. The first-order valence-electron chi connectivity index (χ1n) is 8.57.